The number of nitrogens with one attached hydrogen (secondary N) is 1. The highest BCUT2D eigenvalue weighted by atomic mass is 32.1. The van der Waals surface area contributed by atoms with Crippen LogP contribution in [-0.4, -0.2) is 11.1 Å². The lowest BCUT2D eigenvalue weighted by molar-refractivity contribution is 0.210. The van der Waals surface area contributed by atoms with Crippen molar-refractivity contribution in [3.63, 3.8) is 0 Å². The van der Waals surface area contributed by atoms with E-state index >= 15 is 0 Å². The Morgan fingerprint density at radius 1 is 1.08 bits per heavy atom. The van der Waals surface area contributed by atoms with Crippen LogP contribution in [0.5, 0.6) is 5.75 Å². The van der Waals surface area contributed by atoms with E-state index in [1.165, 1.54) is 36.1 Å². The summed E-state index contributed by atoms with van der Waals surface area (Å²) >= 11 is 3.53. The number of aromatic nitrogens is 1. The molecule has 3 nitrogen and oxygen atoms in total. The first-order valence-corrected chi connectivity index (χ1v) is 11.0. The van der Waals surface area contributed by atoms with E-state index in [0.29, 0.717) is 6.10 Å². The summed E-state index contributed by atoms with van der Waals surface area (Å²) in [6.07, 6.45) is 8.28. The molecule has 0 amide bonds. The summed E-state index contributed by atoms with van der Waals surface area (Å²) in [4.78, 5) is 5.91. The Hall–Kier alpha value is -1.69. The first-order valence-electron chi connectivity index (χ1n) is 9.27. The first-order chi connectivity index (χ1) is 12.9. The molecule has 1 aliphatic carbocycles. The molecule has 2 heterocycles. The minimum Gasteiger partial charge on any atom is -0.490 e. The van der Waals surface area contributed by atoms with Crippen LogP contribution >= 0.6 is 22.7 Å². The van der Waals surface area contributed by atoms with Crippen LogP contribution in [0.3, 0.4) is 0 Å². The molecule has 1 aliphatic rings. The third kappa shape index (κ3) is 4.72. The van der Waals surface area contributed by atoms with Gasteiger partial charge in [0, 0.05) is 29.4 Å². The lowest BCUT2D eigenvalue weighted by Gasteiger charge is -2.17. The van der Waals surface area contributed by atoms with Gasteiger partial charge in [0.15, 0.2) is 0 Å². The van der Waals surface area contributed by atoms with Crippen LogP contribution in [0, 0.1) is 0 Å². The molecule has 0 radical (unpaired) electrons. The molecular formula is C21H24N2OS2. The molecular weight excluding hydrogens is 360 g/mol. The van der Waals surface area contributed by atoms with Gasteiger partial charge in [0.25, 0.3) is 0 Å². The Labute approximate surface area is 163 Å². The Bertz CT molecular complexity index is 763. The average Bonchev–Trinajstić information content (AvgIpc) is 3.42. The van der Waals surface area contributed by atoms with Gasteiger partial charge in [0.05, 0.1) is 12.1 Å². The average molecular weight is 385 g/mol. The van der Waals surface area contributed by atoms with Crippen LogP contribution in [0.4, 0.5) is 0 Å². The molecule has 1 saturated carbocycles. The molecule has 5 heteroatoms. The molecule has 4 rings (SSSR count). The summed E-state index contributed by atoms with van der Waals surface area (Å²) in [6, 6.07) is 13.1. The fraction of sp³-hybridized carbons (Fsp3) is 0.381. The van der Waals surface area contributed by atoms with Crippen LogP contribution < -0.4 is 10.1 Å². The highest BCUT2D eigenvalue weighted by Gasteiger charge is 2.17. The summed E-state index contributed by atoms with van der Waals surface area (Å²) < 4.78 is 6.06. The maximum absolute atomic E-state index is 6.06. The molecule has 1 fully saturated rings. The van der Waals surface area contributed by atoms with Gasteiger partial charge in [0.2, 0.25) is 0 Å². The molecule has 26 heavy (non-hydrogen) atoms. The third-order valence-corrected chi connectivity index (χ3v) is 6.60. The number of ether oxygens (including phenoxy) is 1. The van der Waals surface area contributed by atoms with Gasteiger partial charge in [-0.1, -0.05) is 18.2 Å². The molecule has 1 atom stereocenters. The van der Waals surface area contributed by atoms with Gasteiger partial charge in [-0.3, -0.25) is 0 Å². The smallest absolute Gasteiger partial charge is 0.119 e. The molecule has 2 aromatic heterocycles. The molecule has 1 N–H and O–H groups in total. The quantitative estimate of drug-likeness (QED) is 0.549. The number of thiazole rings is 1. The van der Waals surface area contributed by atoms with Gasteiger partial charge in [-0.25, -0.2) is 4.98 Å². The van der Waals surface area contributed by atoms with E-state index in [1.807, 2.05) is 22.9 Å². The van der Waals surface area contributed by atoms with Crippen LogP contribution in [0.2, 0.25) is 0 Å². The molecule has 1 unspecified atom stereocenters. The summed E-state index contributed by atoms with van der Waals surface area (Å²) in [5.74, 6) is 0.996. The minimum atomic E-state index is 0.253. The van der Waals surface area contributed by atoms with Gasteiger partial charge in [-0.2, -0.15) is 0 Å². The largest absolute Gasteiger partial charge is 0.490 e. The van der Waals surface area contributed by atoms with Crippen LogP contribution in [0.1, 0.15) is 47.2 Å². The van der Waals surface area contributed by atoms with E-state index < -0.39 is 0 Å². The Kier molecular flexibility index (Phi) is 5.99. The van der Waals surface area contributed by atoms with Crippen molar-refractivity contribution in [2.24, 2.45) is 0 Å². The number of hydrogen-bond acceptors (Lipinski definition) is 5. The second-order valence-electron chi connectivity index (χ2n) is 6.76. The zero-order valence-electron chi connectivity index (χ0n) is 14.8. The zero-order chi connectivity index (χ0) is 17.6. The molecule has 3 aromatic rings. The monoisotopic (exact) mass is 384 g/mol. The normalized spacial score (nSPS) is 16.0. The molecule has 0 saturated heterocycles. The first kappa shape index (κ1) is 17.7. The number of thiophene rings is 1. The van der Waals surface area contributed by atoms with Gasteiger partial charge in [-0.15, -0.1) is 22.7 Å². The van der Waals surface area contributed by atoms with Crippen molar-refractivity contribution in [1.82, 2.24) is 10.3 Å². The Morgan fingerprint density at radius 3 is 2.62 bits per heavy atom. The van der Waals surface area contributed by atoms with Crippen molar-refractivity contribution in [2.75, 3.05) is 0 Å². The number of hydrogen-bond donors (Lipinski definition) is 1. The summed E-state index contributed by atoms with van der Waals surface area (Å²) in [6.45, 7) is 0.833. The number of rotatable bonds is 8. The second-order valence-corrected chi connectivity index (χ2v) is 8.71. The van der Waals surface area contributed by atoms with Gasteiger partial charge < -0.3 is 10.1 Å². The highest BCUT2D eigenvalue weighted by molar-refractivity contribution is 7.10. The predicted molar refractivity (Wildman–Crippen MR) is 109 cm³/mol. The van der Waals surface area contributed by atoms with E-state index in [1.54, 1.807) is 11.3 Å². The van der Waals surface area contributed by atoms with E-state index in [0.717, 1.165) is 23.7 Å². The molecule has 1 aromatic carbocycles. The van der Waals surface area contributed by atoms with Crippen molar-refractivity contribution >= 4 is 22.7 Å². The van der Waals surface area contributed by atoms with Crippen molar-refractivity contribution < 1.29 is 4.74 Å². The molecule has 0 aliphatic heterocycles. The van der Waals surface area contributed by atoms with Gasteiger partial charge in [0.1, 0.15) is 10.8 Å². The zero-order valence-corrected chi connectivity index (χ0v) is 16.4. The van der Waals surface area contributed by atoms with E-state index in [-0.39, 0.29) is 6.04 Å². The third-order valence-electron chi connectivity index (χ3n) is 4.82. The van der Waals surface area contributed by atoms with Crippen molar-refractivity contribution in [1.29, 1.82) is 0 Å². The lowest BCUT2D eigenvalue weighted by Crippen LogP contribution is -2.22. The van der Waals surface area contributed by atoms with Crippen molar-refractivity contribution in [3.8, 4) is 5.75 Å². The van der Waals surface area contributed by atoms with Crippen molar-refractivity contribution in [2.45, 2.75) is 50.8 Å². The summed E-state index contributed by atoms with van der Waals surface area (Å²) in [5, 5.41) is 9.02. The number of nitrogens with zero attached hydrogens (tertiary/aromatic N) is 1. The van der Waals surface area contributed by atoms with Crippen LogP contribution in [0.15, 0.2) is 53.4 Å². The van der Waals surface area contributed by atoms with Gasteiger partial charge >= 0.3 is 0 Å². The molecule has 136 valence electrons. The van der Waals surface area contributed by atoms with E-state index in [9.17, 15) is 0 Å². The predicted octanol–water partition coefficient (Wildman–Crippen LogP) is 5.60. The van der Waals surface area contributed by atoms with Crippen LogP contribution in [-0.2, 0) is 13.0 Å². The minimum absolute atomic E-state index is 0.253. The highest BCUT2D eigenvalue weighted by Crippen LogP contribution is 2.25. The Morgan fingerprint density at radius 2 is 1.92 bits per heavy atom. The summed E-state index contributed by atoms with van der Waals surface area (Å²) in [5.41, 5.74) is 1.27. The Balaban J connectivity index is 1.36. The van der Waals surface area contributed by atoms with Crippen LogP contribution in [0.25, 0.3) is 0 Å². The lowest BCUT2D eigenvalue weighted by atomic mass is 10.1. The number of benzene rings is 1. The van der Waals surface area contributed by atoms with E-state index in [4.69, 9.17) is 4.74 Å². The van der Waals surface area contributed by atoms with Gasteiger partial charge in [-0.05, 0) is 54.8 Å². The van der Waals surface area contributed by atoms with E-state index in [2.05, 4.69) is 52.1 Å². The topological polar surface area (TPSA) is 34.1 Å². The molecule has 0 spiro atoms. The maximum atomic E-state index is 6.06. The standard InChI is InChI=1S/C21H24N2OS2/c1-2-5-17(4-1)24-18-9-7-16(8-10-18)15-23-20(21-22-11-13-26-21)14-19-6-3-12-25-19/h3,6-13,17,20,23H,1-2,4-5,14-15H2. The summed E-state index contributed by atoms with van der Waals surface area (Å²) in [7, 11) is 0. The van der Waals surface area contributed by atoms with Crippen molar-refractivity contribution in [3.05, 3.63) is 68.8 Å². The molecule has 0 bridgehead atoms. The second kappa shape index (κ2) is 8.80. The SMILES string of the molecule is c1csc(CC(NCc2ccc(OC3CCCC3)cc2)c2nccs2)c1. The fourth-order valence-electron chi connectivity index (χ4n) is 3.41. The fourth-order valence-corrected chi connectivity index (χ4v) is 4.87. The maximum Gasteiger partial charge on any atom is 0.119 e.